The minimum atomic E-state index is -0.899. The second-order valence-electron chi connectivity index (χ2n) is 10.1. The van der Waals surface area contributed by atoms with Crippen LogP contribution in [0, 0.1) is 5.92 Å². The molecule has 1 aliphatic rings. The predicted molar refractivity (Wildman–Crippen MR) is 156 cm³/mol. The number of hydrogen-bond acceptors (Lipinski definition) is 4. The fourth-order valence-corrected chi connectivity index (χ4v) is 4.93. The average molecular weight is 537 g/mol. The van der Waals surface area contributed by atoms with Crippen molar-refractivity contribution in [2.75, 3.05) is 23.4 Å². The van der Waals surface area contributed by atoms with Gasteiger partial charge in [0.15, 0.2) is 0 Å². The topological polar surface area (TPSA) is 81.8 Å². The van der Waals surface area contributed by atoms with Crippen molar-refractivity contribution in [2.24, 2.45) is 5.92 Å². The lowest BCUT2D eigenvalue weighted by Crippen LogP contribution is -2.56. The fraction of sp³-hybridized carbons (Fsp3) is 0.367. The highest BCUT2D eigenvalue weighted by Gasteiger charge is 2.39. The van der Waals surface area contributed by atoms with Crippen molar-refractivity contribution in [3.63, 3.8) is 0 Å². The van der Waals surface area contributed by atoms with Gasteiger partial charge in [-0.25, -0.2) is 0 Å². The van der Waals surface area contributed by atoms with Gasteiger partial charge in [0, 0.05) is 6.42 Å². The number of halogens is 1. The maximum atomic E-state index is 14.2. The van der Waals surface area contributed by atoms with E-state index in [1.165, 1.54) is 0 Å². The van der Waals surface area contributed by atoms with E-state index in [9.17, 15) is 14.4 Å². The lowest BCUT2D eigenvalue weighted by molar-refractivity contribution is -0.128. The van der Waals surface area contributed by atoms with Crippen LogP contribution in [-0.2, 0) is 14.4 Å². The molecular weight excluding hydrogens is 500 g/mol. The number of nitrogens with one attached hydrogen (secondary N) is 2. The molecule has 2 N–H and O–H groups in total. The SMILES string of the molecule is CNC(C)C(=O)N[C@H]1CN(C(=O)CC(C)C)c2ccccc2N([C@@H](C)c2cccc3ccccc23)C1=O.Cl. The molecule has 3 aromatic carbocycles. The molecule has 38 heavy (non-hydrogen) atoms. The van der Waals surface area contributed by atoms with Gasteiger partial charge in [0.05, 0.1) is 30.0 Å². The summed E-state index contributed by atoms with van der Waals surface area (Å²) in [4.78, 5) is 44.0. The summed E-state index contributed by atoms with van der Waals surface area (Å²) in [5.74, 6) is -0.456. The molecule has 3 aromatic rings. The summed E-state index contributed by atoms with van der Waals surface area (Å²) < 4.78 is 0. The van der Waals surface area contributed by atoms with E-state index in [1.54, 1.807) is 23.8 Å². The Bertz CT molecular complexity index is 1310. The Morgan fingerprint density at radius 1 is 0.921 bits per heavy atom. The van der Waals surface area contributed by atoms with Gasteiger partial charge in [-0.15, -0.1) is 12.4 Å². The highest BCUT2D eigenvalue weighted by Crippen LogP contribution is 2.39. The van der Waals surface area contributed by atoms with Gasteiger partial charge in [-0.2, -0.15) is 0 Å². The van der Waals surface area contributed by atoms with Gasteiger partial charge >= 0.3 is 0 Å². The smallest absolute Gasteiger partial charge is 0.252 e. The standard InChI is InChI=1S/C30H36N4O3.ClH/c1-19(2)17-28(35)33-18-25(32-29(36)20(3)31-5)30(37)34(27-16-9-8-15-26(27)33)21(4)23-14-10-12-22-11-6-7-13-24(22)23;/h6-16,19-21,25,31H,17-18H2,1-5H3,(H,32,36);1H/t20?,21-,25-;/m0./s1. The molecule has 8 heteroatoms. The molecule has 0 saturated carbocycles. The van der Waals surface area contributed by atoms with Crippen molar-refractivity contribution in [1.29, 1.82) is 0 Å². The number of rotatable bonds is 7. The number of nitrogens with zero attached hydrogens (tertiary/aromatic N) is 2. The number of fused-ring (bicyclic) bond motifs is 2. The molecule has 0 aromatic heterocycles. The van der Waals surface area contributed by atoms with Crippen LogP contribution in [0.3, 0.4) is 0 Å². The number of para-hydroxylation sites is 2. The summed E-state index contributed by atoms with van der Waals surface area (Å²) in [5.41, 5.74) is 2.33. The number of anilines is 2. The van der Waals surface area contributed by atoms with Crippen molar-refractivity contribution in [1.82, 2.24) is 10.6 Å². The molecule has 0 saturated heterocycles. The monoisotopic (exact) mass is 536 g/mol. The van der Waals surface area contributed by atoms with Gasteiger partial charge in [-0.1, -0.05) is 68.4 Å². The summed E-state index contributed by atoms with van der Waals surface area (Å²) in [7, 11) is 1.70. The summed E-state index contributed by atoms with van der Waals surface area (Å²) in [5, 5.41) is 7.99. The van der Waals surface area contributed by atoms with Gasteiger partial charge in [-0.05, 0) is 55.3 Å². The first-order valence-electron chi connectivity index (χ1n) is 12.9. The molecule has 0 bridgehead atoms. The van der Waals surface area contributed by atoms with Crippen molar-refractivity contribution in [3.05, 3.63) is 72.3 Å². The molecule has 1 heterocycles. The van der Waals surface area contributed by atoms with Crippen LogP contribution >= 0.6 is 12.4 Å². The molecule has 7 nitrogen and oxygen atoms in total. The first kappa shape index (κ1) is 29.1. The number of amides is 3. The molecule has 202 valence electrons. The van der Waals surface area contributed by atoms with E-state index in [0.29, 0.717) is 17.8 Å². The summed E-state index contributed by atoms with van der Waals surface area (Å²) in [6, 6.07) is 20.0. The second-order valence-corrected chi connectivity index (χ2v) is 10.1. The second kappa shape index (κ2) is 12.4. The number of benzene rings is 3. The Hall–Kier alpha value is -3.42. The van der Waals surface area contributed by atoms with E-state index in [2.05, 4.69) is 28.8 Å². The third-order valence-electron chi connectivity index (χ3n) is 7.02. The van der Waals surface area contributed by atoms with Crippen LogP contribution in [0.25, 0.3) is 10.8 Å². The van der Waals surface area contributed by atoms with Crippen molar-refractivity contribution in [2.45, 2.75) is 52.2 Å². The average Bonchev–Trinajstić information content (AvgIpc) is 3.01. The molecule has 1 unspecified atom stereocenters. The first-order valence-corrected chi connectivity index (χ1v) is 12.9. The molecule has 3 amide bonds. The zero-order valence-electron chi connectivity index (χ0n) is 22.6. The van der Waals surface area contributed by atoms with Crippen molar-refractivity contribution >= 4 is 52.3 Å². The van der Waals surface area contributed by atoms with Gasteiger partial charge in [-0.3, -0.25) is 14.4 Å². The predicted octanol–water partition coefficient (Wildman–Crippen LogP) is 4.84. The maximum absolute atomic E-state index is 14.2. The van der Waals surface area contributed by atoms with E-state index >= 15 is 0 Å². The highest BCUT2D eigenvalue weighted by molar-refractivity contribution is 6.09. The minimum Gasteiger partial charge on any atom is -0.341 e. The fourth-order valence-electron chi connectivity index (χ4n) is 4.93. The number of hydrogen-bond donors (Lipinski definition) is 2. The molecule has 3 atom stereocenters. The van der Waals surface area contributed by atoms with E-state index in [0.717, 1.165) is 16.3 Å². The van der Waals surface area contributed by atoms with Gasteiger partial charge < -0.3 is 20.4 Å². The van der Waals surface area contributed by atoms with E-state index < -0.39 is 12.1 Å². The Kier molecular flexibility index (Phi) is 9.52. The van der Waals surface area contributed by atoms with E-state index in [-0.39, 0.29) is 48.6 Å². The van der Waals surface area contributed by atoms with Crippen molar-refractivity contribution < 1.29 is 14.4 Å². The maximum Gasteiger partial charge on any atom is 0.252 e. The first-order chi connectivity index (χ1) is 17.7. The third-order valence-corrected chi connectivity index (χ3v) is 7.02. The number of carbonyl (C=O) groups excluding carboxylic acids is 3. The third kappa shape index (κ3) is 5.84. The van der Waals surface area contributed by atoms with Crippen LogP contribution in [-0.4, -0.2) is 43.4 Å². The lowest BCUT2D eigenvalue weighted by Gasteiger charge is -2.32. The van der Waals surface area contributed by atoms with Gasteiger partial charge in [0.25, 0.3) is 5.91 Å². The van der Waals surface area contributed by atoms with Crippen LogP contribution in [0.2, 0.25) is 0 Å². The molecule has 0 spiro atoms. The van der Waals surface area contributed by atoms with Gasteiger partial charge in [0.2, 0.25) is 11.8 Å². The van der Waals surface area contributed by atoms with Crippen molar-refractivity contribution in [3.8, 4) is 0 Å². The molecule has 1 aliphatic heterocycles. The van der Waals surface area contributed by atoms with Crippen LogP contribution < -0.4 is 20.4 Å². The normalized spacial score (nSPS) is 16.9. The van der Waals surface area contributed by atoms with E-state index in [1.807, 2.05) is 69.3 Å². The zero-order valence-corrected chi connectivity index (χ0v) is 23.4. The summed E-state index contributed by atoms with van der Waals surface area (Å²) in [6.07, 6.45) is 0.342. The molecule has 4 rings (SSSR count). The summed E-state index contributed by atoms with van der Waals surface area (Å²) in [6.45, 7) is 7.80. The van der Waals surface area contributed by atoms with E-state index in [4.69, 9.17) is 0 Å². The number of likely N-dealkylation sites (N-methyl/N-ethyl adjacent to an activating group) is 1. The van der Waals surface area contributed by atoms with Gasteiger partial charge in [0.1, 0.15) is 6.04 Å². The molecule has 0 fully saturated rings. The minimum absolute atomic E-state index is 0. The molecule has 0 radical (unpaired) electrons. The van der Waals surface area contributed by atoms with Crippen LogP contribution in [0.15, 0.2) is 66.7 Å². The van der Waals surface area contributed by atoms with Crippen LogP contribution in [0.4, 0.5) is 11.4 Å². The number of carbonyl (C=O) groups is 3. The Labute approximate surface area is 231 Å². The lowest BCUT2D eigenvalue weighted by atomic mass is 9.97. The van der Waals surface area contributed by atoms with Crippen LogP contribution in [0.5, 0.6) is 0 Å². The summed E-state index contributed by atoms with van der Waals surface area (Å²) >= 11 is 0. The zero-order chi connectivity index (χ0) is 26.7. The Morgan fingerprint density at radius 3 is 2.24 bits per heavy atom. The molecular formula is C30H37ClN4O3. The quantitative estimate of drug-likeness (QED) is 0.452. The van der Waals surface area contributed by atoms with Crippen LogP contribution in [0.1, 0.15) is 45.7 Å². The molecule has 0 aliphatic carbocycles. The Balaban J connectivity index is 0.00000400. The largest absolute Gasteiger partial charge is 0.341 e. The Morgan fingerprint density at radius 2 is 1.55 bits per heavy atom. The highest BCUT2D eigenvalue weighted by atomic mass is 35.5.